The van der Waals surface area contributed by atoms with E-state index in [1.54, 1.807) is 24.1 Å². The molecule has 94 valence electrons. The van der Waals surface area contributed by atoms with E-state index in [9.17, 15) is 9.59 Å². The molecule has 0 unspecified atom stereocenters. The summed E-state index contributed by atoms with van der Waals surface area (Å²) in [7, 11) is 1.79. The highest BCUT2D eigenvalue weighted by Crippen LogP contribution is 1.98. The maximum absolute atomic E-state index is 11.3. The average molecular weight is 239 g/mol. The van der Waals surface area contributed by atoms with Crippen molar-refractivity contribution in [3.63, 3.8) is 0 Å². The Morgan fingerprint density at radius 1 is 1.53 bits per heavy atom. The lowest BCUT2D eigenvalue weighted by Gasteiger charge is -2.04. The zero-order chi connectivity index (χ0) is 12.7. The number of carbonyl (C=O) groups excluding carboxylic acids is 2. The molecule has 0 bridgehead atoms. The molecule has 0 aliphatic rings. The number of carbonyl (C=O) groups is 2. The molecule has 0 spiro atoms. The average Bonchev–Trinajstić information content (AvgIpc) is 2.70. The van der Waals surface area contributed by atoms with E-state index in [0.29, 0.717) is 6.42 Å². The van der Waals surface area contributed by atoms with Gasteiger partial charge in [0.2, 0.25) is 5.91 Å². The van der Waals surface area contributed by atoms with Crippen molar-refractivity contribution in [3.05, 3.63) is 18.0 Å². The predicted molar refractivity (Wildman–Crippen MR) is 60.9 cm³/mol. The van der Waals surface area contributed by atoms with E-state index >= 15 is 0 Å². The van der Waals surface area contributed by atoms with Crippen LogP contribution in [-0.4, -0.2) is 28.2 Å². The van der Waals surface area contributed by atoms with E-state index in [2.05, 4.69) is 10.4 Å². The van der Waals surface area contributed by atoms with E-state index in [0.717, 1.165) is 12.0 Å². The molecule has 0 aromatic carbocycles. The molecule has 1 N–H and O–H groups in total. The van der Waals surface area contributed by atoms with Crippen molar-refractivity contribution >= 4 is 11.9 Å². The number of aromatic nitrogens is 2. The lowest BCUT2D eigenvalue weighted by Crippen LogP contribution is -2.30. The van der Waals surface area contributed by atoms with Gasteiger partial charge in [0, 0.05) is 25.2 Å². The first-order valence-electron chi connectivity index (χ1n) is 5.51. The summed E-state index contributed by atoms with van der Waals surface area (Å²) >= 11 is 0. The Morgan fingerprint density at radius 3 is 2.88 bits per heavy atom. The van der Waals surface area contributed by atoms with Gasteiger partial charge < -0.3 is 10.1 Å². The van der Waals surface area contributed by atoms with E-state index < -0.39 is 5.97 Å². The normalized spacial score (nSPS) is 10.0. The molecule has 1 heterocycles. The number of rotatable bonds is 6. The predicted octanol–water partition coefficient (Wildman–Crippen LogP) is 0.380. The number of esters is 1. The van der Waals surface area contributed by atoms with Crippen LogP contribution in [0.1, 0.15) is 25.3 Å². The van der Waals surface area contributed by atoms with Crippen LogP contribution in [-0.2, 0) is 28.0 Å². The van der Waals surface area contributed by atoms with Gasteiger partial charge in [0.1, 0.15) is 13.2 Å². The van der Waals surface area contributed by atoms with Crippen LogP contribution in [0.4, 0.5) is 0 Å². The number of nitrogens with zero attached hydrogens (tertiary/aromatic N) is 2. The molecular weight excluding hydrogens is 222 g/mol. The molecule has 6 nitrogen and oxygen atoms in total. The summed E-state index contributed by atoms with van der Waals surface area (Å²) in [5.74, 6) is -0.580. The van der Waals surface area contributed by atoms with Crippen LogP contribution in [0.15, 0.2) is 12.4 Å². The van der Waals surface area contributed by atoms with Crippen LogP contribution in [0.25, 0.3) is 0 Å². The zero-order valence-corrected chi connectivity index (χ0v) is 10.1. The second-order valence-corrected chi connectivity index (χ2v) is 3.71. The van der Waals surface area contributed by atoms with Gasteiger partial charge in [-0.25, -0.2) is 0 Å². The SMILES string of the molecule is CCCC(=O)NCC(=O)OCc1cnn(C)c1. The topological polar surface area (TPSA) is 73.2 Å². The Morgan fingerprint density at radius 2 is 2.29 bits per heavy atom. The molecule has 1 amide bonds. The summed E-state index contributed by atoms with van der Waals surface area (Å²) in [4.78, 5) is 22.4. The molecule has 0 aliphatic carbocycles. The number of ether oxygens (including phenoxy) is 1. The van der Waals surface area contributed by atoms with E-state index in [-0.39, 0.29) is 19.1 Å². The van der Waals surface area contributed by atoms with Crippen LogP contribution >= 0.6 is 0 Å². The zero-order valence-electron chi connectivity index (χ0n) is 10.1. The van der Waals surface area contributed by atoms with Gasteiger partial charge in [0.25, 0.3) is 0 Å². The monoisotopic (exact) mass is 239 g/mol. The third kappa shape index (κ3) is 5.14. The van der Waals surface area contributed by atoms with Gasteiger partial charge in [-0.15, -0.1) is 0 Å². The molecule has 0 atom stereocenters. The molecule has 0 fully saturated rings. The molecule has 1 aromatic heterocycles. The summed E-state index contributed by atoms with van der Waals surface area (Å²) in [6.45, 7) is 2.00. The Bertz CT molecular complexity index is 387. The summed E-state index contributed by atoms with van der Waals surface area (Å²) in [6.07, 6.45) is 4.58. The first kappa shape index (κ1) is 13.2. The molecule has 0 saturated heterocycles. The maximum Gasteiger partial charge on any atom is 0.325 e. The van der Waals surface area contributed by atoms with Crippen molar-refractivity contribution < 1.29 is 14.3 Å². The smallest absolute Gasteiger partial charge is 0.325 e. The molecule has 17 heavy (non-hydrogen) atoms. The first-order chi connectivity index (χ1) is 8.11. The first-order valence-corrected chi connectivity index (χ1v) is 5.51. The fourth-order valence-corrected chi connectivity index (χ4v) is 1.25. The largest absolute Gasteiger partial charge is 0.459 e. The molecule has 1 aromatic rings. The molecule has 1 rings (SSSR count). The quantitative estimate of drug-likeness (QED) is 0.728. The van der Waals surface area contributed by atoms with E-state index in [4.69, 9.17) is 4.74 Å². The second kappa shape index (κ2) is 6.67. The number of hydrogen-bond donors (Lipinski definition) is 1. The summed E-state index contributed by atoms with van der Waals surface area (Å²) < 4.78 is 6.59. The van der Waals surface area contributed by atoms with Gasteiger partial charge in [-0.2, -0.15) is 5.10 Å². The van der Waals surface area contributed by atoms with Gasteiger partial charge in [-0.1, -0.05) is 6.92 Å². The van der Waals surface area contributed by atoms with Crippen LogP contribution in [0.2, 0.25) is 0 Å². The lowest BCUT2D eigenvalue weighted by atomic mass is 10.3. The molecule has 6 heteroatoms. The standard InChI is InChI=1S/C11H17N3O3/c1-3-4-10(15)12-6-11(16)17-8-9-5-13-14(2)7-9/h5,7H,3-4,6,8H2,1-2H3,(H,12,15). The number of aryl methyl sites for hydroxylation is 1. The van der Waals surface area contributed by atoms with Crippen molar-refractivity contribution in [2.24, 2.45) is 7.05 Å². The minimum Gasteiger partial charge on any atom is -0.459 e. The highest BCUT2D eigenvalue weighted by atomic mass is 16.5. The van der Waals surface area contributed by atoms with Crippen molar-refractivity contribution in [2.75, 3.05) is 6.54 Å². The highest BCUT2D eigenvalue weighted by molar-refractivity contribution is 5.81. The lowest BCUT2D eigenvalue weighted by molar-refractivity contribution is -0.145. The Hall–Kier alpha value is -1.85. The van der Waals surface area contributed by atoms with Crippen LogP contribution in [0, 0.1) is 0 Å². The van der Waals surface area contributed by atoms with Gasteiger partial charge in [0.05, 0.1) is 6.20 Å². The van der Waals surface area contributed by atoms with Gasteiger partial charge >= 0.3 is 5.97 Å². The van der Waals surface area contributed by atoms with Gasteiger partial charge in [-0.05, 0) is 6.42 Å². The molecule has 0 saturated carbocycles. The Labute approximate surface area is 99.9 Å². The van der Waals surface area contributed by atoms with Gasteiger partial charge in [-0.3, -0.25) is 14.3 Å². The maximum atomic E-state index is 11.3. The summed E-state index contributed by atoms with van der Waals surface area (Å²) in [6, 6.07) is 0. The van der Waals surface area contributed by atoms with E-state index in [1.165, 1.54) is 0 Å². The van der Waals surface area contributed by atoms with Crippen LogP contribution < -0.4 is 5.32 Å². The van der Waals surface area contributed by atoms with Crippen molar-refractivity contribution in [3.8, 4) is 0 Å². The Balaban J connectivity index is 2.19. The number of hydrogen-bond acceptors (Lipinski definition) is 4. The van der Waals surface area contributed by atoms with Crippen LogP contribution in [0.5, 0.6) is 0 Å². The molecular formula is C11H17N3O3. The Kier molecular flexibility index (Phi) is 5.19. The molecule has 0 aliphatic heterocycles. The summed E-state index contributed by atoms with van der Waals surface area (Å²) in [5, 5.41) is 6.44. The van der Waals surface area contributed by atoms with Crippen molar-refractivity contribution in [1.82, 2.24) is 15.1 Å². The molecule has 0 radical (unpaired) electrons. The van der Waals surface area contributed by atoms with E-state index in [1.807, 2.05) is 6.92 Å². The second-order valence-electron chi connectivity index (χ2n) is 3.71. The fourth-order valence-electron chi connectivity index (χ4n) is 1.25. The number of amides is 1. The van der Waals surface area contributed by atoms with Crippen LogP contribution in [0.3, 0.4) is 0 Å². The number of nitrogens with one attached hydrogen (secondary N) is 1. The summed E-state index contributed by atoms with van der Waals surface area (Å²) in [5.41, 5.74) is 0.820. The minimum absolute atomic E-state index is 0.0842. The highest BCUT2D eigenvalue weighted by Gasteiger charge is 2.06. The van der Waals surface area contributed by atoms with Crippen molar-refractivity contribution in [2.45, 2.75) is 26.4 Å². The minimum atomic E-state index is -0.446. The third-order valence-electron chi connectivity index (χ3n) is 2.07. The van der Waals surface area contributed by atoms with Crippen molar-refractivity contribution in [1.29, 1.82) is 0 Å². The van der Waals surface area contributed by atoms with Gasteiger partial charge in [0.15, 0.2) is 0 Å². The third-order valence-corrected chi connectivity index (χ3v) is 2.07. The fraction of sp³-hybridized carbons (Fsp3) is 0.545.